The van der Waals surface area contributed by atoms with Gasteiger partial charge in [0.1, 0.15) is 6.61 Å². The van der Waals surface area contributed by atoms with E-state index in [0.717, 1.165) is 36.7 Å². The van der Waals surface area contributed by atoms with Gasteiger partial charge >= 0.3 is 0 Å². The number of ether oxygens (including phenoxy) is 2. The lowest BCUT2D eigenvalue weighted by Crippen LogP contribution is -2.36. The zero-order valence-electron chi connectivity index (χ0n) is 15.5. The zero-order chi connectivity index (χ0) is 17.7. The van der Waals surface area contributed by atoms with Crippen molar-refractivity contribution in [3.63, 3.8) is 0 Å². The van der Waals surface area contributed by atoms with Crippen LogP contribution < -0.4 is 9.47 Å². The first-order chi connectivity index (χ1) is 12.1. The Bertz CT molecular complexity index is 676. The van der Waals surface area contributed by atoms with E-state index in [4.69, 9.17) is 9.47 Å². The lowest BCUT2D eigenvalue weighted by molar-refractivity contribution is 0.125. The average molecular weight is 340 g/mol. The summed E-state index contributed by atoms with van der Waals surface area (Å²) in [6.07, 6.45) is 6.06. The highest BCUT2D eigenvalue weighted by atomic mass is 16.5. The minimum atomic E-state index is 0.464. The number of nitrogens with zero attached hydrogens (tertiary/aromatic N) is 2. The fourth-order valence-corrected chi connectivity index (χ4v) is 3.20. The van der Waals surface area contributed by atoms with E-state index in [9.17, 15) is 0 Å². The summed E-state index contributed by atoms with van der Waals surface area (Å²) < 4.78 is 11.7. The second-order valence-electron chi connectivity index (χ2n) is 7.53. The molecule has 3 rings (SSSR count). The smallest absolute Gasteiger partial charge is 0.166 e. The van der Waals surface area contributed by atoms with Crippen LogP contribution in [0.2, 0.25) is 0 Å². The number of para-hydroxylation sites is 1. The van der Waals surface area contributed by atoms with Gasteiger partial charge in [0.2, 0.25) is 0 Å². The summed E-state index contributed by atoms with van der Waals surface area (Å²) in [4.78, 5) is 6.57. The van der Waals surface area contributed by atoms with E-state index in [1.807, 2.05) is 24.3 Å². The Morgan fingerprint density at radius 2 is 1.80 bits per heavy atom. The first-order valence-electron chi connectivity index (χ1n) is 8.97. The fraction of sp³-hybridized carbons (Fsp3) is 0.476. The number of piperidine rings is 1. The molecule has 0 N–H and O–H groups in total. The quantitative estimate of drug-likeness (QED) is 0.786. The van der Waals surface area contributed by atoms with Crippen molar-refractivity contribution in [2.24, 2.45) is 5.41 Å². The molecule has 0 aliphatic carbocycles. The van der Waals surface area contributed by atoms with Gasteiger partial charge in [-0.2, -0.15) is 0 Å². The normalized spacial score (nSPS) is 17.2. The Morgan fingerprint density at radius 1 is 1.08 bits per heavy atom. The van der Waals surface area contributed by atoms with E-state index < -0.39 is 0 Å². The van der Waals surface area contributed by atoms with E-state index in [2.05, 4.69) is 29.8 Å². The molecule has 1 aliphatic heterocycles. The molecule has 0 spiro atoms. The minimum absolute atomic E-state index is 0.464. The third-order valence-electron chi connectivity index (χ3n) is 5.02. The van der Waals surface area contributed by atoms with Crippen LogP contribution in [0.1, 0.15) is 37.8 Å². The average Bonchev–Trinajstić information content (AvgIpc) is 2.63. The first-order valence-corrected chi connectivity index (χ1v) is 8.97. The predicted octanol–water partition coefficient (Wildman–Crippen LogP) is 4.29. The minimum Gasteiger partial charge on any atom is -0.493 e. The molecule has 0 amide bonds. The van der Waals surface area contributed by atoms with Gasteiger partial charge in [0, 0.05) is 24.5 Å². The number of benzene rings is 1. The van der Waals surface area contributed by atoms with Crippen molar-refractivity contribution in [3.05, 3.63) is 53.9 Å². The van der Waals surface area contributed by atoms with Gasteiger partial charge in [-0.15, -0.1) is 0 Å². The molecule has 1 aromatic carbocycles. The lowest BCUT2D eigenvalue weighted by Gasteiger charge is -2.37. The van der Waals surface area contributed by atoms with Crippen LogP contribution in [0, 0.1) is 5.41 Å². The maximum atomic E-state index is 6.15. The van der Waals surface area contributed by atoms with Crippen molar-refractivity contribution in [3.8, 4) is 11.5 Å². The van der Waals surface area contributed by atoms with Crippen molar-refractivity contribution < 1.29 is 9.47 Å². The number of hydrogen-bond donors (Lipinski definition) is 0. The highest BCUT2D eigenvalue weighted by molar-refractivity contribution is 5.46. The van der Waals surface area contributed by atoms with Gasteiger partial charge in [-0.05, 0) is 55.1 Å². The molecule has 0 unspecified atom stereocenters. The Morgan fingerprint density at radius 3 is 2.48 bits per heavy atom. The summed E-state index contributed by atoms with van der Waals surface area (Å²) in [5.74, 6) is 1.65. The third kappa shape index (κ3) is 4.73. The van der Waals surface area contributed by atoms with Crippen LogP contribution in [0.4, 0.5) is 0 Å². The highest BCUT2D eigenvalue weighted by Crippen LogP contribution is 2.35. The Hall–Kier alpha value is -2.07. The SMILES string of the molecule is COc1cccc(CN2CCC(C)(C)CC2)c1OCc1ccncc1. The van der Waals surface area contributed by atoms with Gasteiger partial charge in [-0.1, -0.05) is 26.0 Å². The van der Waals surface area contributed by atoms with Crippen LogP contribution in [-0.4, -0.2) is 30.1 Å². The summed E-state index contributed by atoms with van der Waals surface area (Å²) in [6, 6.07) is 10.1. The van der Waals surface area contributed by atoms with Crippen LogP contribution in [0.3, 0.4) is 0 Å². The second kappa shape index (κ2) is 7.87. The second-order valence-corrected chi connectivity index (χ2v) is 7.53. The first kappa shape index (κ1) is 17.7. The molecular weight excluding hydrogens is 312 g/mol. The molecule has 4 heteroatoms. The number of methoxy groups -OCH3 is 1. The van der Waals surface area contributed by atoms with Crippen LogP contribution >= 0.6 is 0 Å². The predicted molar refractivity (Wildman–Crippen MR) is 99.9 cm³/mol. The van der Waals surface area contributed by atoms with Crippen molar-refractivity contribution >= 4 is 0 Å². The Kier molecular flexibility index (Phi) is 5.59. The van der Waals surface area contributed by atoms with Gasteiger partial charge in [0.05, 0.1) is 7.11 Å². The maximum Gasteiger partial charge on any atom is 0.166 e. The van der Waals surface area contributed by atoms with Crippen molar-refractivity contribution in [1.29, 1.82) is 0 Å². The fourth-order valence-electron chi connectivity index (χ4n) is 3.20. The number of pyridine rings is 1. The molecule has 25 heavy (non-hydrogen) atoms. The summed E-state index contributed by atoms with van der Waals surface area (Å²) >= 11 is 0. The van der Waals surface area contributed by atoms with Crippen molar-refractivity contribution in [1.82, 2.24) is 9.88 Å². The Labute approximate surface area is 150 Å². The van der Waals surface area contributed by atoms with Crippen molar-refractivity contribution in [2.45, 2.75) is 39.8 Å². The lowest BCUT2D eigenvalue weighted by atomic mass is 9.82. The topological polar surface area (TPSA) is 34.6 Å². The summed E-state index contributed by atoms with van der Waals surface area (Å²) in [6.45, 7) is 8.40. The molecule has 0 saturated carbocycles. The monoisotopic (exact) mass is 340 g/mol. The maximum absolute atomic E-state index is 6.15. The van der Waals surface area contributed by atoms with Crippen LogP contribution in [0.15, 0.2) is 42.7 Å². The highest BCUT2D eigenvalue weighted by Gasteiger charge is 2.26. The van der Waals surface area contributed by atoms with E-state index in [-0.39, 0.29) is 0 Å². The molecule has 2 heterocycles. The van der Waals surface area contributed by atoms with Gasteiger partial charge in [-0.3, -0.25) is 9.88 Å². The van der Waals surface area contributed by atoms with Gasteiger partial charge in [0.25, 0.3) is 0 Å². The van der Waals surface area contributed by atoms with Crippen molar-refractivity contribution in [2.75, 3.05) is 20.2 Å². The standard InChI is InChI=1S/C21H28N2O2/c1-21(2)9-13-23(14-10-21)15-18-5-4-6-19(24-3)20(18)25-16-17-7-11-22-12-8-17/h4-8,11-12H,9-10,13-16H2,1-3H3. The zero-order valence-corrected chi connectivity index (χ0v) is 15.5. The van der Waals surface area contributed by atoms with Crippen LogP contribution in [-0.2, 0) is 13.2 Å². The van der Waals surface area contributed by atoms with E-state index in [1.54, 1.807) is 19.5 Å². The number of aromatic nitrogens is 1. The molecule has 0 radical (unpaired) electrons. The molecule has 0 atom stereocenters. The number of rotatable bonds is 6. The molecule has 2 aromatic rings. The molecule has 1 fully saturated rings. The van der Waals surface area contributed by atoms with E-state index in [0.29, 0.717) is 12.0 Å². The molecule has 134 valence electrons. The van der Waals surface area contributed by atoms with Gasteiger partial charge in [-0.25, -0.2) is 0 Å². The summed E-state index contributed by atoms with van der Waals surface area (Å²) in [5.41, 5.74) is 2.76. The summed E-state index contributed by atoms with van der Waals surface area (Å²) in [7, 11) is 1.70. The third-order valence-corrected chi connectivity index (χ3v) is 5.02. The largest absolute Gasteiger partial charge is 0.493 e. The summed E-state index contributed by atoms with van der Waals surface area (Å²) in [5, 5.41) is 0. The molecule has 1 aromatic heterocycles. The van der Waals surface area contributed by atoms with E-state index in [1.165, 1.54) is 18.4 Å². The molecule has 1 saturated heterocycles. The van der Waals surface area contributed by atoms with Gasteiger partial charge in [0.15, 0.2) is 11.5 Å². The van der Waals surface area contributed by atoms with Crippen LogP contribution in [0.25, 0.3) is 0 Å². The molecular formula is C21H28N2O2. The van der Waals surface area contributed by atoms with E-state index >= 15 is 0 Å². The number of likely N-dealkylation sites (tertiary alicyclic amines) is 1. The Balaban J connectivity index is 1.72. The van der Waals surface area contributed by atoms with Gasteiger partial charge < -0.3 is 9.47 Å². The molecule has 1 aliphatic rings. The molecule has 4 nitrogen and oxygen atoms in total. The number of hydrogen-bond acceptors (Lipinski definition) is 4. The molecule has 0 bridgehead atoms. The van der Waals surface area contributed by atoms with Crippen LogP contribution in [0.5, 0.6) is 11.5 Å².